The number of benzene rings is 1. The fourth-order valence-electron chi connectivity index (χ4n) is 0.898. The molecule has 0 aliphatic rings. The minimum atomic E-state index is 0. The van der Waals surface area contributed by atoms with Gasteiger partial charge in [0.05, 0.1) is 6.61 Å². The van der Waals surface area contributed by atoms with Gasteiger partial charge in [0.2, 0.25) is 0 Å². The van der Waals surface area contributed by atoms with E-state index in [2.05, 4.69) is 6.92 Å². The van der Waals surface area contributed by atoms with Crippen LogP contribution < -0.4 is 61.2 Å². The van der Waals surface area contributed by atoms with Crippen molar-refractivity contribution >= 4 is 0 Å². The van der Waals surface area contributed by atoms with Crippen LogP contribution in [0.5, 0.6) is 11.5 Å². The van der Waals surface area contributed by atoms with Gasteiger partial charge in [0, 0.05) is 0 Å². The van der Waals surface area contributed by atoms with E-state index in [1.54, 1.807) is 12.1 Å². The molecule has 1 rings (SSSR count). The molecule has 0 heterocycles. The third-order valence-corrected chi connectivity index (χ3v) is 1.57. The van der Waals surface area contributed by atoms with Crippen LogP contribution in [0.1, 0.15) is 19.8 Å². The Bertz CT molecular complexity index is 238. The van der Waals surface area contributed by atoms with Crippen LogP contribution in [0.3, 0.4) is 0 Å². The Hall–Kier alpha value is 0.456. The van der Waals surface area contributed by atoms with E-state index >= 15 is 0 Å². The smallest absolute Gasteiger partial charge is 0.872 e. The minimum absolute atomic E-state index is 0. The summed E-state index contributed by atoms with van der Waals surface area (Å²) in [7, 11) is 0. The predicted molar refractivity (Wildman–Crippen MR) is 46.3 cm³/mol. The maximum atomic E-state index is 10.8. The van der Waals surface area contributed by atoms with Crippen LogP contribution in [0.2, 0.25) is 0 Å². The van der Waals surface area contributed by atoms with Crippen molar-refractivity contribution in [3.63, 3.8) is 0 Å². The Kier molecular flexibility index (Phi) is 8.10. The summed E-state index contributed by atoms with van der Waals surface area (Å²) in [5, 5.41) is 10.8. The van der Waals surface area contributed by atoms with Crippen molar-refractivity contribution in [1.29, 1.82) is 0 Å². The number of hydrogen-bond donors (Lipinski definition) is 0. The van der Waals surface area contributed by atoms with Crippen molar-refractivity contribution in [3.8, 4) is 11.5 Å². The van der Waals surface area contributed by atoms with Crippen LogP contribution in [0.25, 0.3) is 0 Å². The van der Waals surface area contributed by atoms with Gasteiger partial charge in [0.1, 0.15) is 5.75 Å². The van der Waals surface area contributed by atoms with Gasteiger partial charge in [0.25, 0.3) is 0 Å². The molecule has 0 spiro atoms. The van der Waals surface area contributed by atoms with Gasteiger partial charge in [-0.15, -0.1) is 5.75 Å². The van der Waals surface area contributed by atoms with Crippen molar-refractivity contribution in [1.82, 2.24) is 0 Å². The fourth-order valence-corrected chi connectivity index (χ4v) is 0.898. The molecule has 0 aromatic heterocycles. The first-order chi connectivity index (χ1) is 5.83. The summed E-state index contributed by atoms with van der Waals surface area (Å²) in [5.41, 5.74) is 0. The first kappa shape index (κ1) is 13.5. The van der Waals surface area contributed by atoms with Gasteiger partial charge in [0.15, 0.2) is 0 Å². The zero-order valence-electron chi connectivity index (χ0n) is 8.25. The molecule has 0 bridgehead atoms. The van der Waals surface area contributed by atoms with Gasteiger partial charge >= 0.3 is 51.4 Å². The van der Waals surface area contributed by atoms with Crippen molar-refractivity contribution < 1.29 is 61.2 Å². The molecule has 2 nitrogen and oxygen atoms in total. The van der Waals surface area contributed by atoms with Gasteiger partial charge in [-0.2, -0.15) is 0 Å². The van der Waals surface area contributed by atoms with E-state index in [4.69, 9.17) is 4.74 Å². The summed E-state index contributed by atoms with van der Waals surface area (Å²) in [6, 6.07) is 6.54. The van der Waals surface area contributed by atoms with Gasteiger partial charge in [-0.1, -0.05) is 25.5 Å². The Morgan fingerprint density at radius 1 is 1.38 bits per heavy atom. The molecule has 0 radical (unpaired) electrons. The van der Waals surface area contributed by atoms with E-state index in [1.165, 1.54) is 12.1 Å². The Morgan fingerprint density at radius 3 is 2.77 bits per heavy atom. The van der Waals surface area contributed by atoms with E-state index in [9.17, 15) is 5.11 Å². The summed E-state index contributed by atoms with van der Waals surface area (Å²) in [4.78, 5) is 0. The summed E-state index contributed by atoms with van der Waals surface area (Å²) in [5.74, 6) is 0.681. The van der Waals surface area contributed by atoms with Gasteiger partial charge in [-0.05, 0) is 18.6 Å². The topological polar surface area (TPSA) is 32.3 Å². The summed E-state index contributed by atoms with van der Waals surface area (Å²) >= 11 is 0. The molecular formula is C10H13KO2. The van der Waals surface area contributed by atoms with E-state index in [-0.39, 0.29) is 57.1 Å². The second kappa shape index (κ2) is 7.82. The maximum Gasteiger partial charge on any atom is 1.00 e. The molecule has 0 unspecified atom stereocenters. The van der Waals surface area contributed by atoms with Crippen LogP contribution >= 0.6 is 0 Å². The standard InChI is InChI=1S/C10H14O2.K/c1-2-3-7-12-10-6-4-5-9(11)8-10;/h4-6,8,11H,2-3,7H2,1H3;/q;+1/p-1. The van der Waals surface area contributed by atoms with Crippen LogP contribution in [0.15, 0.2) is 24.3 Å². The molecule has 0 aliphatic heterocycles. The zero-order valence-corrected chi connectivity index (χ0v) is 11.4. The summed E-state index contributed by atoms with van der Waals surface area (Å²) in [6.45, 7) is 2.80. The molecule has 0 N–H and O–H groups in total. The molecule has 0 fully saturated rings. The van der Waals surface area contributed by atoms with Crippen LogP contribution in [-0.2, 0) is 0 Å². The molecule has 0 aliphatic carbocycles. The summed E-state index contributed by atoms with van der Waals surface area (Å²) < 4.78 is 5.33. The van der Waals surface area contributed by atoms with Crippen LogP contribution in [-0.4, -0.2) is 6.61 Å². The normalized spacial score (nSPS) is 9.00. The summed E-state index contributed by atoms with van der Waals surface area (Å²) in [6.07, 6.45) is 2.14. The van der Waals surface area contributed by atoms with E-state index in [1.807, 2.05) is 0 Å². The molecule has 1 aromatic carbocycles. The molecular weight excluding hydrogens is 191 g/mol. The average molecular weight is 204 g/mol. The maximum absolute atomic E-state index is 10.8. The Labute approximate surface area is 122 Å². The fraction of sp³-hybridized carbons (Fsp3) is 0.400. The molecule has 0 saturated carbocycles. The first-order valence-corrected chi connectivity index (χ1v) is 4.23. The molecule has 0 amide bonds. The van der Waals surface area contributed by atoms with Crippen molar-refractivity contribution in [3.05, 3.63) is 24.3 Å². The largest absolute Gasteiger partial charge is 1.00 e. The van der Waals surface area contributed by atoms with Gasteiger partial charge in [-0.3, -0.25) is 0 Å². The second-order valence-corrected chi connectivity index (χ2v) is 2.68. The Balaban J connectivity index is 0.00000144. The van der Waals surface area contributed by atoms with Crippen LogP contribution in [0.4, 0.5) is 0 Å². The van der Waals surface area contributed by atoms with Crippen molar-refractivity contribution in [2.75, 3.05) is 6.61 Å². The average Bonchev–Trinajstić information content (AvgIpc) is 2.05. The number of ether oxygens (including phenoxy) is 1. The second-order valence-electron chi connectivity index (χ2n) is 2.68. The molecule has 3 heteroatoms. The molecule has 66 valence electrons. The SMILES string of the molecule is CCCCOc1cccc([O-])c1.[K+]. The van der Waals surface area contributed by atoms with Crippen molar-refractivity contribution in [2.24, 2.45) is 0 Å². The number of hydrogen-bond acceptors (Lipinski definition) is 2. The zero-order chi connectivity index (χ0) is 8.81. The third kappa shape index (κ3) is 5.70. The Morgan fingerprint density at radius 2 is 2.15 bits per heavy atom. The van der Waals surface area contributed by atoms with Gasteiger partial charge in [-0.25, -0.2) is 0 Å². The number of unbranched alkanes of at least 4 members (excludes halogenated alkanes) is 1. The van der Waals surface area contributed by atoms with Gasteiger partial charge < -0.3 is 9.84 Å². The van der Waals surface area contributed by atoms with E-state index in [0.29, 0.717) is 12.4 Å². The van der Waals surface area contributed by atoms with E-state index in [0.717, 1.165) is 12.8 Å². The predicted octanol–water partition coefficient (Wildman–Crippen LogP) is -1.06. The molecule has 0 saturated heterocycles. The quantitative estimate of drug-likeness (QED) is 0.463. The minimum Gasteiger partial charge on any atom is -0.872 e. The van der Waals surface area contributed by atoms with Crippen LogP contribution in [0, 0.1) is 0 Å². The molecule has 13 heavy (non-hydrogen) atoms. The van der Waals surface area contributed by atoms with Crippen molar-refractivity contribution in [2.45, 2.75) is 19.8 Å². The third-order valence-electron chi connectivity index (χ3n) is 1.57. The first-order valence-electron chi connectivity index (χ1n) is 4.23. The van der Waals surface area contributed by atoms with E-state index < -0.39 is 0 Å². The molecule has 1 aromatic rings. The number of rotatable bonds is 4. The molecule has 0 atom stereocenters. The monoisotopic (exact) mass is 204 g/mol.